The number of fused-ring (bicyclic) bond motifs is 1. The maximum absolute atomic E-state index is 12.5. The van der Waals surface area contributed by atoms with Crippen LogP contribution in [0.1, 0.15) is 26.7 Å². The summed E-state index contributed by atoms with van der Waals surface area (Å²) < 4.78 is 5.33. The highest BCUT2D eigenvalue weighted by atomic mass is 16.5. The number of rotatable bonds is 4. The van der Waals surface area contributed by atoms with Crippen molar-refractivity contribution in [2.24, 2.45) is 17.8 Å². The summed E-state index contributed by atoms with van der Waals surface area (Å²) in [5.74, 6) is 1.30. The van der Waals surface area contributed by atoms with E-state index in [0.29, 0.717) is 18.3 Å². The van der Waals surface area contributed by atoms with Crippen molar-refractivity contribution in [3.8, 4) is 0 Å². The number of nitrogens with one attached hydrogen (secondary N) is 1. The van der Waals surface area contributed by atoms with Gasteiger partial charge in [0, 0.05) is 30.8 Å². The highest BCUT2D eigenvalue weighted by molar-refractivity contribution is 5.89. The maximum atomic E-state index is 12.5. The molecule has 2 unspecified atom stereocenters. The molecule has 0 bridgehead atoms. The summed E-state index contributed by atoms with van der Waals surface area (Å²) in [5.41, 5.74) is 0. The second-order valence-corrected chi connectivity index (χ2v) is 6.28. The van der Waals surface area contributed by atoms with Gasteiger partial charge in [0.25, 0.3) is 0 Å². The van der Waals surface area contributed by atoms with E-state index in [4.69, 9.17) is 4.74 Å². The SMILES string of the molecule is CC(C)C(C(=O)NC1[C@H]2COC[C@@H]12)N1CCCC1=O. The van der Waals surface area contributed by atoms with Gasteiger partial charge in [-0.15, -0.1) is 0 Å². The standard InChI is InChI=1S/C14H22N2O3/c1-8(2)13(16-5-3-4-11(16)17)14(18)15-12-9-6-19-7-10(9)12/h8-10,12-13H,3-7H2,1-2H3,(H,15,18)/t9-,10+,12?,13?. The van der Waals surface area contributed by atoms with Crippen molar-refractivity contribution in [1.82, 2.24) is 10.2 Å². The van der Waals surface area contributed by atoms with Gasteiger partial charge in [-0.1, -0.05) is 13.8 Å². The fourth-order valence-corrected chi connectivity index (χ4v) is 3.47. The van der Waals surface area contributed by atoms with E-state index in [1.54, 1.807) is 4.90 Å². The molecule has 19 heavy (non-hydrogen) atoms. The third-order valence-electron chi connectivity index (χ3n) is 4.61. The molecule has 5 heteroatoms. The Morgan fingerprint density at radius 1 is 1.37 bits per heavy atom. The summed E-state index contributed by atoms with van der Waals surface area (Å²) in [6, 6.07) is -0.0301. The van der Waals surface area contributed by atoms with Gasteiger partial charge in [-0.25, -0.2) is 0 Å². The van der Waals surface area contributed by atoms with Gasteiger partial charge in [-0.05, 0) is 12.3 Å². The van der Waals surface area contributed by atoms with E-state index in [1.165, 1.54) is 0 Å². The molecule has 0 radical (unpaired) electrons. The molecule has 1 N–H and O–H groups in total. The zero-order valence-electron chi connectivity index (χ0n) is 11.6. The summed E-state index contributed by atoms with van der Waals surface area (Å²) in [7, 11) is 0. The fraction of sp³-hybridized carbons (Fsp3) is 0.857. The van der Waals surface area contributed by atoms with Crippen LogP contribution in [0.3, 0.4) is 0 Å². The van der Waals surface area contributed by atoms with Crippen molar-refractivity contribution in [3.05, 3.63) is 0 Å². The number of nitrogens with zero attached hydrogens (tertiary/aromatic N) is 1. The van der Waals surface area contributed by atoms with Crippen LogP contribution in [0.25, 0.3) is 0 Å². The summed E-state index contributed by atoms with van der Waals surface area (Å²) >= 11 is 0. The van der Waals surface area contributed by atoms with E-state index in [2.05, 4.69) is 5.32 Å². The number of carbonyl (C=O) groups is 2. The van der Waals surface area contributed by atoms with Gasteiger partial charge >= 0.3 is 0 Å². The maximum Gasteiger partial charge on any atom is 0.243 e. The monoisotopic (exact) mass is 266 g/mol. The first-order chi connectivity index (χ1) is 9.09. The molecule has 2 heterocycles. The van der Waals surface area contributed by atoms with Gasteiger partial charge in [-0.2, -0.15) is 0 Å². The molecule has 2 saturated heterocycles. The van der Waals surface area contributed by atoms with Gasteiger partial charge in [0.1, 0.15) is 6.04 Å². The Hall–Kier alpha value is -1.10. The van der Waals surface area contributed by atoms with Crippen LogP contribution in [0.15, 0.2) is 0 Å². The quantitative estimate of drug-likeness (QED) is 0.801. The first kappa shape index (κ1) is 12.9. The Balaban J connectivity index is 1.63. The van der Waals surface area contributed by atoms with Crippen LogP contribution in [0, 0.1) is 17.8 Å². The lowest BCUT2D eigenvalue weighted by atomic mass is 10.0. The van der Waals surface area contributed by atoms with Crippen molar-refractivity contribution in [2.45, 2.75) is 38.8 Å². The lowest BCUT2D eigenvalue weighted by Gasteiger charge is -2.30. The Morgan fingerprint density at radius 3 is 2.58 bits per heavy atom. The molecule has 1 aliphatic carbocycles. The summed E-state index contributed by atoms with van der Waals surface area (Å²) in [4.78, 5) is 26.1. The van der Waals surface area contributed by atoms with E-state index in [0.717, 1.165) is 26.2 Å². The minimum absolute atomic E-state index is 0.0182. The molecule has 3 aliphatic rings. The molecule has 3 fully saturated rings. The van der Waals surface area contributed by atoms with Gasteiger partial charge in [0.05, 0.1) is 13.2 Å². The molecular formula is C14H22N2O3. The highest BCUT2D eigenvalue weighted by Gasteiger charge is 2.55. The van der Waals surface area contributed by atoms with Gasteiger partial charge in [-0.3, -0.25) is 9.59 Å². The number of hydrogen-bond acceptors (Lipinski definition) is 3. The molecule has 5 nitrogen and oxygen atoms in total. The minimum Gasteiger partial charge on any atom is -0.381 e. The minimum atomic E-state index is -0.308. The van der Waals surface area contributed by atoms with Crippen LogP contribution in [-0.2, 0) is 14.3 Å². The van der Waals surface area contributed by atoms with Crippen LogP contribution in [0.4, 0.5) is 0 Å². The molecule has 1 saturated carbocycles. The molecule has 3 rings (SSSR count). The summed E-state index contributed by atoms with van der Waals surface area (Å²) in [5, 5.41) is 3.12. The summed E-state index contributed by atoms with van der Waals surface area (Å²) in [6.45, 7) is 6.27. The zero-order valence-corrected chi connectivity index (χ0v) is 11.6. The smallest absolute Gasteiger partial charge is 0.243 e. The number of hydrogen-bond donors (Lipinski definition) is 1. The third kappa shape index (κ3) is 2.24. The topological polar surface area (TPSA) is 58.6 Å². The van der Waals surface area contributed by atoms with E-state index in [-0.39, 0.29) is 29.8 Å². The Bertz CT molecular complexity index is 386. The molecule has 0 aromatic rings. The van der Waals surface area contributed by atoms with Crippen molar-refractivity contribution < 1.29 is 14.3 Å². The molecule has 4 atom stereocenters. The van der Waals surface area contributed by atoms with Crippen LogP contribution >= 0.6 is 0 Å². The van der Waals surface area contributed by atoms with E-state index in [9.17, 15) is 9.59 Å². The average Bonchev–Trinajstić information content (AvgIpc) is 2.74. The average molecular weight is 266 g/mol. The fourth-order valence-electron chi connectivity index (χ4n) is 3.47. The van der Waals surface area contributed by atoms with Gasteiger partial charge in [0.15, 0.2) is 0 Å². The normalized spacial score (nSPS) is 34.6. The van der Waals surface area contributed by atoms with Gasteiger partial charge in [0.2, 0.25) is 11.8 Å². The van der Waals surface area contributed by atoms with Crippen LogP contribution in [-0.4, -0.2) is 48.6 Å². The van der Waals surface area contributed by atoms with E-state index >= 15 is 0 Å². The number of likely N-dealkylation sites (tertiary alicyclic amines) is 1. The van der Waals surface area contributed by atoms with Crippen molar-refractivity contribution in [3.63, 3.8) is 0 Å². The lowest BCUT2D eigenvalue weighted by molar-refractivity contribution is -0.139. The van der Waals surface area contributed by atoms with Crippen molar-refractivity contribution in [1.29, 1.82) is 0 Å². The summed E-state index contributed by atoms with van der Waals surface area (Å²) in [6.07, 6.45) is 1.46. The van der Waals surface area contributed by atoms with Crippen molar-refractivity contribution in [2.75, 3.05) is 19.8 Å². The number of amides is 2. The third-order valence-corrected chi connectivity index (χ3v) is 4.61. The molecule has 0 aromatic carbocycles. The van der Waals surface area contributed by atoms with E-state index < -0.39 is 0 Å². The molecule has 0 aromatic heterocycles. The Kier molecular flexibility index (Phi) is 3.25. The molecular weight excluding hydrogens is 244 g/mol. The largest absolute Gasteiger partial charge is 0.381 e. The Labute approximate surface area is 113 Å². The predicted octanol–water partition coefficient (Wildman–Crippen LogP) is 0.394. The second kappa shape index (κ2) is 4.78. The second-order valence-electron chi connectivity index (χ2n) is 6.28. The first-order valence-corrected chi connectivity index (χ1v) is 7.27. The first-order valence-electron chi connectivity index (χ1n) is 7.27. The molecule has 0 spiro atoms. The predicted molar refractivity (Wildman–Crippen MR) is 69.3 cm³/mol. The highest BCUT2D eigenvalue weighted by Crippen LogP contribution is 2.44. The molecule has 2 aliphatic heterocycles. The molecule has 2 amide bonds. The van der Waals surface area contributed by atoms with Gasteiger partial charge < -0.3 is 15.0 Å². The lowest BCUT2D eigenvalue weighted by Crippen LogP contribution is -2.51. The number of carbonyl (C=O) groups excluding carboxylic acids is 2. The molecule has 106 valence electrons. The van der Waals surface area contributed by atoms with Crippen LogP contribution in [0.5, 0.6) is 0 Å². The number of ether oxygens (including phenoxy) is 1. The van der Waals surface area contributed by atoms with Crippen LogP contribution in [0.2, 0.25) is 0 Å². The Morgan fingerprint density at radius 2 is 2.05 bits per heavy atom. The van der Waals surface area contributed by atoms with Crippen molar-refractivity contribution >= 4 is 11.8 Å². The zero-order chi connectivity index (χ0) is 13.6. The van der Waals surface area contributed by atoms with E-state index in [1.807, 2.05) is 13.8 Å². The van der Waals surface area contributed by atoms with Crippen LogP contribution < -0.4 is 5.32 Å².